The van der Waals surface area contributed by atoms with Gasteiger partial charge in [-0.25, -0.2) is 9.97 Å². The fraction of sp³-hybridized carbons (Fsp3) is 0.333. The molecule has 3 aromatic heterocycles. The molecule has 10 heteroatoms. The van der Waals surface area contributed by atoms with E-state index in [0.717, 1.165) is 16.6 Å². The minimum Gasteiger partial charge on any atom is -0.356 e. The lowest BCUT2D eigenvalue weighted by molar-refractivity contribution is -0.119. The van der Waals surface area contributed by atoms with Crippen LogP contribution in [0.4, 0.5) is 5.95 Å². The first-order chi connectivity index (χ1) is 17.8. The number of aromatic nitrogens is 5. The van der Waals surface area contributed by atoms with Crippen LogP contribution >= 0.6 is 11.6 Å². The quantitative estimate of drug-likeness (QED) is 0.377. The molecular formula is C27H28ClN7O2. The van der Waals surface area contributed by atoms with Crippen molar-refractivity contribution >= 4 is 34.5 Å². The first-order valence-electron chi connectivity index (χ1n) is 12.3. The van der Waals surface area contributed by atoms with Crippen LogP contribution in [0.25, 0.3) is 33.4 Å². The minimum absolute atomic E-state index is 0.0480. The normalized spacial score (nSPS) is 15.4. The number of hydrogen-bond donors (Lipinski definition) is 2. The maximum absolute atomic E-state index is 13.9. The second-order valence-electron chi connectivity index (χ2n) is 9.69. The zero-order valence-electron chi connectivity index (χ0n) is 21.0. The van der Waals surface area contributed by atoms with Crippen molar-refractivity contribution < 1.29 is 4.79 Å². The number of rotatable bonds is 7. The van der Waals surface area contributed by atoms with Crippen LogP contribution < -0.4 is 16.2 Å². The Kier molecular flexibility index (Phi) is 6.88. The molecule has 0 spiro atoms. The Bertz CT molecular complexity index is 1550. The number of anilines is 1. The van der Waals surface area contributed by atoms with Gasteiger partial charge in [-0.2, -0.15) is 4.98 Å². The first-order valence-corrected chi connectivity index (χ1v) is 12.7. The fourth-order valence-electron chi connectivity index (χ4n) is 4.56. The zero-order chi connectivity index (χ0) is 26.1. The molecule has 1 amide bonds. The molecule has 9 nitrogen and oxygen atoms in total. The van der Waals surface area contributed by atoms with Gasteiger partial charge in [-0.3, -0.25) is 19.1 Å². The average Bonchev–Trinajstić information content (AvgIpc) is 3.28. The van der Waals surface area contributed by atoms with Gasteiger partial charge < -0.3 is 10.6 Å². The monoisotopic (exact) mass is 517 g/mol. The molecule has 4 aromatic rings. The summed E-state index contributed by atoms with van der Waals surface area (Å²) in [4.78, 5) is 43.4. The van der Waals surface area contributed by atoms with Crippen LogP contribution in [0.2, 0.25) is 5.02 Å². The Morgan fingerprint density at radius 1 is 1.14 bits per heavy atom. The molecule has 1 aliphatic heterocycles. The Morgan fingerprint density at radius 3 is 2.68 bits per heavy atom. The number of nitrogens with one attached hydrogen (secondary N) is 2. The molecule has 0 radical (unpaired) electrons. The molecule has 2 N–H and O–H groups in total. The Morgan fingerprint density at radius 2 is 1.97 bits per heavy atom. The van der Waals surface area contributed by atoms with Crippen molar-refractivity contribution in [2.45, 2.75) is 46.2 Å². The summed E-state index contributed by atoms with van der Waals surface area (Å²) in [7, 11) is 0. The molecule has 1 fully saturated rings. The summed E-state index contributed by atoms with van der Waals surface area (Å²) in [5.74, 6) is 0.682. The second-order valence-corrected chi connectivity index (χ2v) is 10.1. The van der Waals surface area contributed by atoms with E-state index in [9.17, 15) is 9.59 Å². The van der Waals surface area contributed by atoms with Crippen LogP contribution in [-0.4, -0.2) is 43.0 Å². The minimum atomic E-state index is -0.191. The van der Waals surface area contributed by atoms with Gasteiger partial charge in [0.2, 0.25) is 11.9 Å². The van der Waals surface area contributed by atoms with Crippen LogP contribution in [0, 0.1) is 12.8 Å². The summed E-state index contributed by atoms with van der Waals surface area (Å²) >= 11 is 6.72. The Labute approximate surface area is 219 Å². The van der Waals surface area contributed by atoms with Gasteiger partial charge >= 0.3 is 0 Å². The van der Waals surface area contributed by atoms with Gasteiger partial charge in [-0.15, -0.1) is 0 Å². The van der Waals surface area contributed by atoms with E-state index in [0.29, 0.717) is 59.4 Å². The summed E-state index contributed by atoms with van der Waals surface area (Å²) in [6, 6.07) is 7.46. The number of hydrogen-bond acceptors (Lipinski definition) is 7. The molecule has 1 aromatic carbocycles. The lowest BCUT2D eigenvalue weighted by Crippen LogP contribution is -2.25. The van der Waals surface area contributed by atoms with Crippen LogP contribution in [0.15, 0.2) is 47.7 Å². The summed E-state index contributed by atoms with van der Waals surface area (Å²) in [6.07, 6.45) is 6.24. The van der Waals surface area contributed by atoms with Gasteiger partial charge in [0.05, 0.1) is 17.6 Å². The third kappa shape index (κ3) is 5.32. The van der Waals surface area contributed by atoms with E-state index in [-0.39, 0.29) is 23.4 Å². The highest BCUT2D eigenvalue weighted by Gasteiger charge is 2.23. The molecular weight excluding hydrogens is 490 g/mol. The predicted molar refractivity (Wildman–Crippen MR) is 144 cm³/mol. The van der Waals surface area contributed by atoms with Crippen molar-refractivity contribution in [3.63, 3.8) is 0 Å². The number of carbonyl (C=O) groups is 1. The number of nitrogens with zero attached hydrogens (tertiary/aromatic N) is 5. The summed E-state index contributed by atoms with van der Waals surface area (Å²) in [6.45, 7) is 6.93. The number of aryl methyl sites for hydroxylation is 2. The summed E-state index contributed by atoms with van der Waals surface area (Å²) in [5.41, 5.74) is 3.78. The fourth-order valence-corrected chi connectivity index (χ4v) is 4.85. The molecule has 4 heterocycles. The maximum atomic E-state index is 13.9. The highest BCUT2D eigenvalue weighted by molar-refractivity contribution is 6.33. The highest BCUT2D eigenvalue weighted by Crippen LogP contribution is 2.31. The van der Waals surface area contributed by atoms with E-state index >= 15 is 0 Å². The van der Waals surface area contributed by atoms with Gasteiger partial charge in [-0.1, -0.05) is 23.7 Å². The number of halogens is 1. The van der Waals surface area contributed by atoms with Gasteiger partial charge in [0.25, 0.3) is 5.56 Å². The standard InChI is InChI=1S/C27H28ClN7O2/c1-15(2)32-27-31-13-19-9-21(20-5-4-18(10-22(20)28)23-14-29-11-16(3)33-23)26(37)35(25(19)34-27)7-6-17-8-24(36)30-12-17/h4-5,9-11,13-15,17H,6-8,12H2,1-3H3,(H,30,36)(H,31,32,34). The van der Waals surface area contributed by atoms with E-state index in [4.69, 9.17) is 11.6 Å². The molecule has 5 rings (SSSR count). The van der Waals surface area contributed by atoms with Crippen molar-refractivity contribution in [3.8, 4) is 22.4 Å². The van der Waals surface area contributed by atoms with Crippen LogP contribution in [0.5, 0.6) is 0 Å². The number of fused-ring (bicyclic) bond motifs is 1. The van der Waals surface area contributed by atoms with E-state index in [1.54, 1.807) is 35.3 Å². The lowest BCUT2D eigenvalue weighted by Gasteiger charge is -2.16. The molecule has 37 heavy (non-hydrogen) atoms. The average molecular weight is 518 g/mol. The van der Waals surface area contributed by atoms with Crippen LogP contribution in [0.1, 0.15) is 32.4 Å². The molecule has 1 atom stereocenters. The van der Waals surface area contributed by atoms with Crippen LogP contribution in [-0.2, 0) is 11.3 Å². The molecule has 1 aliphatic rings. The summed E-state index contributed by atoms with van der Waals surface area (Å²) < 4.78 is 1.68. The number of benzene rings is 1. The third-order valence-electron chi connectivity index (χ3n) is 6.38. The first kappa shape index (κ1) is 24.8. The third-order valence-corrected chi connectivity index (χ3v) is 6.69. The van der Waals surface area contributed by atoms with E-state index in [1.807, 2.05) is 32.9 Å². The SMILES string of the molecule is Cc1cncc(-c2ccc(-c3cc4cnc(NC(C)C)nc4n(CCC4CNC(=O)C4)c3=O)c(Cl)c2)n1. The van der Waals surface area contributed by atoms with Crippen molar-refractivity contribution in [1.29, 1.82) is 0 Å². The van der Waals surface area contributed by atoms with Gasteiger partial charge in [-0.05, 0) is 45.2 Å². The van der Waals surface area contributed by atoms with Crippen molar-refractivity contribution in [3.05, 3.63) is 63.9 Å². The van der Waals surface area contributed by atoms with E-state index < -0.39 is 0 Å². The lowest BCUT2D eigenvalue weighted by atomic mass is 10.0. The maximum Gasteiger partial charge on any atom is 0.260 e. The predicted octanol–water partition coefficient (Wildman–Crippen LogP) is 4.22. The van der Waals surface area contributed by atoms with E-state index in [1.165, 1.54) is 0 Å². The number of pyridine rings is 1. The zero-order valence-corrected chi connectivity index (χ0v) is 21.7. The van der Waals surface area contributed by atoms with Crippen LogP contribution in [0.3, 0.4) is 0 Å². The number of amides is 1. The summed E-state index contributed by atoms with van der Waals surface area (Å²) in [5, 5.41) is 7.24. The van der Waals surface area contributed by atoms with Gasteiger partial charge in [0, 0.05) is 65.0 Å². The van der Waals surface area contributed by atoms with E-state index in [2.05, 4.69) is 30.6 Å². The van der Waals surface area contributed by atoms with Crippen molar-refractivity contribution in [1.82, 2.24) is 29.8 Å². The molecule has 1 saturated heterocycles. The molecule has 0 bridgehead atoms. The molecule has 0 saturated carbocycles. The van der Waals surface area contributed by atoms with Crippen molar-refractivity contribution in [2.75, 3.05) is 11.9 Å². The Hall–Kier alpha value is -3.85. The smallest absolute Gasteiger partial charge is 0.260 e. The second kappa shape index (κ2) is 10.3. The highest BCUT2D eigenvalue weighted by atomic mass is 35.5. The topological polar surface area (TPSA) is 115 Å². The molecule has 190 valence electrons. The van der Waals surface area contributed by atoms with Crippen molar-refractivity contribution in [2.24, 2.45) is 5.92 Å². The molecule has 1 unspecified atom stereocenters. The largest absolute Gasteiger partial charge is 0.356 e. The molecule has 0 aliphatic carbocycles. The van der Waals surface area contributed by atoms with Gasteiger partial charge in [0.1, 0.15) is 5.65 Å². The Balaban J connectivity index is 1.59. The number of carbonyl (C=O) groups excluding carboxylic acids is 1. The van der Waals surface area contributed by atoms with Gasteiger partial charge in [0.15, 0.2) is 0 Å².